The molecule has 1 aliphatic rings. The molecular formula is C21H28N4O. The summed E-state index contributed by atoms with van der Waals surface area (Å²) in [5.74, 6) is 0.682. The highest BCUT2D eigenvalue weighted by molar-refractivity contribution is 5.94. The fraction of sp³-hybridized carbons (Fsp3) is 0.476. The van der Waals surface area contributed by atoms with Gasteiger partial charge in [0, 0.05) is 25.8 Å². The summed E-state index contributed by atoms with van der Waals surface area (Å²) in [6.45, 7) is 8.23. The van der Waals surface area contributed by atoms with Gasteiger partial charge >= 0.3 is 0 Å². The highest BCUT2D eigenvalue weighted by atomic mass is 16.1. The highest BCUT2D eigenvalue weighted by Gasteiger charge is 2.16. The number of carbonyl (C=O) groups excluding carboxylic acids is 1. The van der Waals surface area contributed by atoms with Crippen LogP contribution in [0, 0.1) is 5.92 Å². The second-order valence-electron chi connectivity index (χ2n) is 7.22. The monoisotopic (exact) mass is 352 g/mol. The molecule has 138 valence electrons. The number of aromatic nitrogens is 2. The molecule has 26 heavy (non-hydrogen) atoms. The van der Waals surface area contributed by atoms with Crippen LogP contribution >= 0.6 is 0 Å². The van der Waals surface area contributed by atoms with Gasteiger partial charge in [-0.3, -0.25) is 9.69 Å². The third-order valence-corrected chi connectivity index (χ3v) is 5.00. The first-order chi connectivity index (χ1) is 12.7. The molecule has 3 rings (SSSR count). The second kappa shape index (κ2) is 8.90. The van der Waals surface area contributed by atoms with Crippen LogP contribution in [0.1, 0.15) is 53.9 Å². The molecule has 1 fully saturated rings. The van der Waals surface area contributed by atoms with E-state index in [0.717, 1.165) is 30.1 Å². The van der Waals surface area contributed by atoms with E-state index < -0.39 is 0 Å². The number of rotatable bonds is 6. The number of benzene rings is 1. The van der Waals surface area contributed by atoms with Crippen molar-refractivity contribution in [2.45, 2.75) is 46.2 Å². The molecule has 1 unspecified atom stereocenters. The summed E-state index contributed by atoms with van der Waals surface area (Å²) < 4.78 is 0. The quantitative estimate of drug-likeness (QED) is 0.867. The molecular weight excluding hydrogens is 324 g/mol. The number of nitrogens with zero attached hydrogens (tertiary/aromatic N) is 3. The van der Waals surface area contributed by atoms with E-state index in [2.05, 4.69) is 51.4 Å². The average molecular weight is 352 g/mol. The fourth-order valence-electron chi connectivity index (χ4n) is 3.55. The molecule has 0 radical (unpaired) electrons. The van der Waals surface area contributed by atoms with Crippen molar-refractivity contribution >= 4 is 5.91 Å². The Morgan fingerprint density at radius 3 is 2.77 bits per heavy atom. The molecule has 0 bridgehead atoms. The lowest BCUT2D eigenvalue weighted by Gasteiger charge is -2.30. The minimum absolute atomic E-state index is 0.117. The van der Waals surface area contributed by atoms with Gasteiger partial charge in [0.15, 0.2) is 0 Å². The predicted octanol–water partition coefficient (Wildman–Crippen LogP) is 3.20. The lowest BCUT2D eigenvalue weighted by molar-refractivity contribution is 0.0949. The first-order valence-electron chi connectivity index (χ1n) is 9.53. The van der Waals surface area contributed by atoms with Gasteiger partial charge in [-0.1, -0.05) is 38.1 Å². The average Bonchev–Trinajstić information content (AvgIpc) is 2.67. The normalized spacial score (nSPS) is 17.8. The van der Waals surface area contributed by atoms with Crippen molar-refractivity contribution in [2.24, 2.45) is 5.92 Å². The predicted molar refractivity (Wildman–Crippen MR) is 103 cm³/mol. The molecule has 1 atom stereocenters. The molecule has 1 amide bonds. The molecule has 0 aliphatic carbocycles. The van der Waals surface area contributed by atoms with E-state index in [1.54, 1.807) is 6.20 Å². The van der Waals surface area contributed by atoms with E-state index in [9.17, 15) is 4.79 Å². The Labute approximate surface area is 155 Å². The van der Waals surface area contributed by atoms with E-state index in [4.69, 9.17) is 0 Å². The van der Waals surface area contributed by atoms with Gasteiger partial charge in [-0.15, -0.1) is 0 Å². The largest absolute Gasteiger partial charge is 0.348 e. The Hall–Kier alpha value is -2.27. The maximum absolute atomic E-state index is 12.4. The van der Waals surface area contributed by atoms with Gasteiger partial charge in [-0.05, 0) is 42.9 Å². The van der Waals surface area contributed by atoms with Crippen LogP contribution in [0.5, 0.6) is 0 Å². The van der Waals surface area contributed by atoms with Crippen LogP contribution in [0.25, 0.3) is 0 Å². The SMILES string of the molecule is CCc1ncncc1C(=O)NCc1ccc(CN2CCCC(C)C2)cc1. The summed E-state index contributed by atoms with van der Waals surface area (Å²) in [4.78, 5) is 23.0. The van der Waals surface area contributed by atoms with Crippen LogP contribution in [0.15, 0.2) is 36.8 Å². The number of amides is 1. The summed E-state index contributed by atoms with van der Waals surface area (Å²) in [6, 6.07) is 8.55. The summed E-state index contributed by atoms with van der Waals surface area (Å²) in [7, 11) is 0. The molecule has 1 aliphatic heterocycles. The van der Waals surface area contributed by atoms with Gasteiger partial charge in [0.1, 0.15) is 6.33 Å². The first kappa shape index (κ1) is 18.5. The Morgan fingerprint density at radius 2 is 2.04 bits per heavy atom. The van der Waals surface area contributed by atoms with E-state index in [-0.39, 0.29) is 5.91 Å². The Morgan fingerprint density at radius 1 is 1.27 bits per heavy atom. The zero-order valence-corrected chi connectivity index (χ0v) is 15.7. The summed E-state index contributed by atoms with van der Waals surface area (Å²) in [5.41, 5.74) is 3.78. The standard InChI is InChI=1S/C21H28N4O/c1-3-20-19(12-22-15-24-20)21(26)23-11-17-6-8-18(9-7-17)14-25-10-4-5-16(2)13-25/h6-9,12,15-16H,3-5,10-11,13-14H2,1-2H3,(H,23,26). The Balaban J connectivity index is 1.53. The molecule has 5 heteroatoms. The van der Waals surface area contributed by atoms with Crippen molar-refractivity contribution in [3.63, 3.8) is 0 Å². The molecule has 1 saturated heterocycles. The van der Waals surface area contributed by atoms with Crippen LogP contribution in [0.4, 0.5) is 0 Å². The van der Waals surface area contributed by atoms with Crippen LogP contribution in [-0.4, -0.2) is 33.9 Å². The number of hydrogen-bond donors (Lipinski definition) is 1. The number of aryl methyl sites for hydroxylation is 1. The van der Waals surface area contributed by atoms with Gasteiger partial charge in [0.05, 0.1) is 11.3 Å². The van der Waals surface area contributed by atoms with Gasteiger partial charge < -0.3 is 5.32 Å². The Bertz CT molecular complexity index is 729. The molecule has 1 aromatic carbocycles. The number of carbonyl (C=O) groups is 1. The molecule has 1 aromatic heterocycles. The van der Waals surface area contributed by atoms with Crippen LogP contribution in [0.3, 0.4) is 0 Å². The van der Waals surface area contributed by atoms with E-state index >= 15 is 0 Å². The van der Waals surface area contributed by atoms with Crippen molar-refractivity contribution in [3.05, 3.63) is 59.2 Å². The minimum atomic E-state index is -0.117. The summed E-state index contributed by atoms with van der Waals surface area (Å²) >= 11 is 0. The van der Waals surface area contributed by atoms with Gasteiger partial charge in [-0.2, -0.15) is 0 Å². The molecule has 2 aromatic rings. The lowest BCUT2D eigenvalue weighted by atomic mass is 9.99. The van der Waals surface area contributed by atoms with Crippen LogP contribution in [-0.2, 0) is 19.5 Å². The summed E-state index contributed by atoms with van der Waals surface area (Å²) in [6.07, 6.45) is 6.44. The maximum Gasteiger partial charge on any atom is 0.254 e. The van der Waals surface area contributed by atoms with E-state index in [1.165, 1.54) is 37.8 Å². The van der Waals surface area contributed by atoms with Crippen molar-refractivity contribution < 1.29 is 4.79 Å². The van der Waals surface area contributed by atoms with E-state index in [0.29, 0.717) is 12.1 Å². The van der Waals surface area contributed by atoms with Gasteiger partial charge in [-0.25, -0.2) is 9.97 Å². The molecule has 1 N–H and O–H groups in total. The zero-order chi connectivity index (χ0) is 18.4. The first-order valence-corrected chi connectivity index (χ1v) is 9.53. The molecule has 0 saturated carbocycles. The number of nitrogens with one attached hydrogen (secondary N) is 1. The minimum Gasteiger partial charge on any atom is -0.348 e. The second-order valence-corrected chi connectivity index (χ2v) is 7.22. The van der Waals surface area contributed by atoms with Crippen LogP contribution in [0.2, 0.25) is 0 Å². The van der Waals surface area contributed by atoms with Gasteiger partial charge in [0.2, 0.25) is 0 Å². The molecule has 2 heterocycles. The van der Waals surface area contributed by atoms with Crippen LogP contribution < -0.4 is 5.32 Å². The number of likely N-dealkylation sites (tertiary alicyclic amines) is 1. The molecule has 5 nitrogen and oxygen atoms in total. The Kier molecular flexibility index (Phi) is 6.34. The van der Waals surface area contributed by atoms with Crippen molar-refractivity contribution in [3.8, 4) is 0 Å². The fourth-order valence-corrected chi connectivity index (χ4v) is 3.55. The van der Waals surface area contributed by atoms with E-state index in [1.807, 2.05) is 6.92 Å². The number of hydrogen-bond acceptors (Lipinski definition) is 4. The highest BCUT2D eigenvalue weighted by Crippen LogP contribution is 2.18. The van der Waals surface area contributed by atoms with Crippen molar-refractivity contribution in [2.75, 3.05) is 13.1 Å². The molecule has 0 spiro atoms. The smallest absolute Gasteiger partial charge is 0.254 e. The lowest BCUT2D eigenvalue weighted by Crippen LogP contribution is -2.33. The van der Waals surface area contributed by atoms with Crippen molar-refractivity contribution in [1.29, 1.82) is 0 Å². The van der Waals surface area contributed by atoms with Crippen molar-refractivity contribution in [1.82, 2.24) is 20.2 Å². The summed E-state index contributed by atoms with van der Waals surface area (Å²) in [5, 5.41) is 2.97. The third-order valence-electron chi connectivity index (χ3n) is 5.00. The third kappa shape index (κ3) is 4.88. The maximum atomic E-state index is 12.4. The topological polar surface area (TPSA) is 58.1 Å². The zero-order valence-electron chi connectivity index (χ0n) is 15.7. The number of piperidine rings is 1. The van der Waals surface area contributed by atoms with Gasteiger partial charge in [0.25, 0.3) is 5.91 Å².